The van der Waals surface area contributed by atoms with Crippen LogP contribution in [0.2, 0.25) is 0 Å². The van der Waals surface area contributed by atoms with Crippen molar-refractivity contribution in [3.05, 3.63) is 15.6 Å². The van der Waals surface area contributed by atoms with E-state index in [0.717, 1.165) is 42.9 Å². The first kappa shape index (κ1) is 15.8. The van der Waals surface area contributed by atoms with Gasteiger partial charge in [0.05, 0.1) is 12.2 Å². The van der Waals surface area contributed by atoms with E-state index in [4.69, 9.17) is 5.11 Å². The third kappa shape index (κ3) is 4.42. The molecule has 7 heteroatoms. The smallest absolute Gasteiger partial charge is 0.347 e. The van der Waals surface area contributed by atoms with E-state index >= 15 is 0 Å². The van der Waals surface area contributed by atoms with Crippen LogP contribution in [0.3, 0.4) is 0 Å². The Kier molecular flexibility index (Phi) is 5.17. The van der Waals surface area contributed by atoms with Gasteiger partial charge in [0.15, 0.2) is 0 Å². The summed E-state index contributed by atoms with van der Waals surface area (Å²) in [6, 6.07) is 0.0353. The molecule has 2 rings (SSSR count). The second-order valence-electron chi connectivity index (χ2n) is 5.61. The van der Waals surface area contributed by atoms with Gasteiger partial charge in [0, 0.05) is 6.04 Å². The number of aryl methyl sites for hydroxylation is 1. The quantitative estimate of drug-likeness (QED) is 0.797. The van der Waals surface area contributed by atoms with Crippen molar-refractivity contribution >= 4 is 23.3 Å². The zero-order valence-corrected chi connectivity index (χ0v) is 13.1. The van der Waals surface area contributed by atoms with Gasteiger partial charge in [-0.1, -0.05) is 6.92 Å². The molecule has 1 aromatic heterocycles. The highest BCUT2D eigenvalue weighted by Gasteiger charge is 2.20. The summed E-state index contributed by atoms with van der Waals surface area (Å²) in [5, 5.41) is 15.3. The van der Waals surface area contributed by atoms with Crippen LogP contribution < -0.4 is 10.6 Å². The van der Waals surface area contributed by atoms with Crippen molar-refractivity contribution in [3.63, 3.8) is 0 Å². The van der Waals surface area contributed by atoms with E-state index in [-0.39, 0.29) is 23.5 Å². The summed E-state index contributed by atoms with van der Waals surface area (Å²) in [6.45, 7) is 4.15. The highest BCUT2D eigenvalue weighted by Crippen LogP contribution is 2.23. The van der Waals surface area contributed by atoms with Crippen LogP contribution in [-0.4, -0.2) is 28.1 Å². The average Bonchev–Trinajstić information content (AvgIpc) is 2.81. The minimum atomic E-state index is -0.975. The summed E-state index contributed by atoms with van der Waals surface area (Å²) in [5.41, 5.74) is 0.492. The summed E-state index contributed by atoms with van der Waals surface area (Å²) in [7, 11) is 0. The first-order valence-corrected chi connectivity index (χ1v) is 8.01. The molecule has 0 saturated heterocycles. The highest BCUT2D eigenvalue weighted by atomic mass is 32.1. The number of carbonyl (C=O) groups excluding carboxylic acids is 1. The molecule has 0 radical (unpaired) electrons. The van der Waals surface area contributed by atoms with Crippen LogP contribution in [0.4, 0.5) is 4.79 Å². The van der Waals surface area contributed by atoms with Gasteiger partial charge in [0.1, 0.15) is 9.88 Å². The summed E-state index contributed by atoms with van der Waals surface area (Å²) in [5.74, 6) is -0.226. The SMILES string of the molecule is Cc1nc(CNC(=O)NC2CCC(C)CC2)sc1C(=O)O. The molecule has 3 N–H and O–H groups in total. The molecule has 21 heavy (non-hydrogen) atoms. The van der Waals surface area contributed by atoms with E-state index in [0.29, 0.717) is 10.7 Å². The van der Waals surface area contributed by atoms with Crippen LogP contribution >= 0.6 is 11.3 Å². The van der Waals surface area contributed by atoms with E-state index in [2.05, 4.69) is 22.5 Å². The van der Waals surface area contributed by atoms with Crippen molar-refractivity contribution in [2.45, 2.75) is 52.1 Å². The predicted molar refractivity (Wildman–Crippen MR) is 80.6 cm³/mol. The van der Waals surface area contributed by atoms with Crippen LogP contribution in [0, 0.1) is 12.8 Å². The van der Waals surface area contributed by atoms with Crippen LogP contribution in [0.1, 0.15) is 53.0 Å². The molecule has 1 aliphatic rings. The number of aromatic carboxylic acids is 1. The molecule has 2 amide bonds. The number of carboxylic acid groups (broad SMARTS) is 1. The molecule has 0 bridgehead atoms. The topological polar surface area (TPSA) is 91.3 Å². The number of hydrogen-bond acceptors (Lipinski definition) is 4. The monoisotopic (exact) mass is 311 g/mol. The lowest BCUT2D eigenvalue weighted by Gasteiger charge is -2.26. The van der Waals surface area contributed by atoms with Gasteiger partial charge in [-0.05, 0) is 38.5 Å². The van der Waals surface area contributed by atoms with Crippen molar-refractivity contribution in [2.75, 3.05) is 0 Å². The second-order valence-corrected chi connectivity index (χ2v) is 6.69. The molecule has 0 aliphatic heterocycles. The summed E-state index contributed by atoms with van der Waals surface area (Å²) in [6.07, 6.45) is 4.35. The number of nitrogens with zero attached hydrogens (tertiary/aromatic N) is 1. The number of nitrogens with one attached hydrogen (secondary N) is 2. The Morgan fingerprint density at radius 2 is 2.00 bits per heavy atom. The zero-order valence-electron chi connectivity index (χ0n) is 12.3. The van der Waals surface area contributed by atoms with Gasteiger partial charge in [-0.3, -0.25) is 0 Å². The Morgan fingerprint density at radius 3 is 2.57 bits per heavy atom. The average molecular weight is 311 g/mol. The van der Waals surface area contributed by atoms with Crippen LogP contribution in [-0.2, 0) is 6.54 Å². The number of carbonyl (C=O) groups is 2. The number of hydrogen-bond donors (Lipinski definition) is 3. The number of urea groups is 1. The van der Waals surface area contributed by atoms with Crippen molar-refractivity contribution in [1.82, 2.24) is 15.6 Å². The maximum absolute atomic E-state index is 11.8. The lowest BCUT2D eigenvalue weighted by molar-refractivity contribution is 0.0701. The molecule has 1 saturated carbocycles. The molecule has 1 aliphatic carbocycles. The fourth-order valence-corrected chi connectivity index (χ4v) is 3.37. The van der Waals surface area contributed by atoms with Gasteiger partial charge in [-0.2, -0.15) is 0 Å². The molecule has 1 fully saturated rings. The maximum Gasteiger partial charge on any atom is 0.347 e. The molecular formula is C14H21N3O3S. The molecule has 116 valence electrons. The number of rotatable bonds is 4. The number of aromatic nitrogens is 1. The Morgan fingerprint density at radius 1 is 1.33 bits per heavy atom. The lowest BCUT2D eigenvalue weighted by Crippen LogP contribution is -2.43. The molecule has 1 heterocycles. The van der Waals surface area contributed by atoms with Gasteiger partial charge in [0.25, 0.3) is 0 Å². The standard InChI is InChI=1S/C14H21N3O3S/c1-8-3-5-10(6-4-8)17-14(20)15-7-11-16-9(2)12(21-11)13(18)19/h8,10H,3-7H2,1-2H3,(H,18,19)(H2,15,17,20). The molecule has 0 atom stereocenters. The Labute approximate surface area is 128 Å². The van der Waals surface area contributed by atoms with E-state index in [1.165, 1.54) is 0 Å². The molecule has 0 unspecified atom stereocenters. The van der Waals surface area contributed by atoms with Crippen LogP contribution in [0.5, 0.6) is 0 Å². The normalized spacial score (nSPS) is 21.8. The Hall–Kier alpha value is -1.63. The van der Waals surface area contributed by atoms with E-state index in [1.807, 2.05) is 0 Å². The maximum atomic E-state index is 11.8. The zero-order chi connectivity index (χ0) is 15.4. The van der Waals surface area contributed by atoms with Gasteiger partial charge >= 0.3 is 12.0 Å². The molecule has 0 spiro atoms. The highest BCUT2D eigenvalue weighted by molar-refractivity contribution is 7.13. The predicted octanol–water partition coefficient (Wildman–Crippen LogP) is 2.53. The van der Waals surface area contributed by atoms with E-state index < -0.39 is 5.97 Å². The molecular weight excluding hydrogens is 290 g/mol. The number of thiazole rings is 1. The van der Waals surface area contributed by atoms with Crippen LogP contribution in [0.15, 0.2) is 0 Å². The number of amides is 2. The van der Waals surface area contributed by atoms with Gasteiger partial charge in [0.2, 0.25) is 0 Å². The first-order chi connectivity index (χ1) is 9.95. The molecule has 1 aromatic rings. The number of carboxylic acids is 1. The summed E-state index contributed by atoms with van der Waals surface area (Å²) >= 11 is 1.10. The van der Waals surface area contributed by atoms with Crippen LogP contribution in [0.25, 0.3) is 0 Å². The second kappa shape index (κ2) is 6.89. The lowest BCUT2D eigenvalue weighted by atomic mass is 9.87. The fraction of sp³-hybridized carbons (Fsp3) is 0.643. The van der Waals surface area contributed by atoms with E-state index in [9.17, 15) is 9.59 Å². The summed E-state index contributed by atoms with van der Waals surface area (Å²) < 4.78 is 0. The fourth-order valence-electron chi connectivity index (χ4n) is 2.52. The van der Waals surface area contributed by atoms with E-state index in [1.54, 1.807) is 6.92 Å². The van der Waals surface area contributed by atoms with Gasteiger partial charge in [-0.15, -0.1) is 11.3 Å². The third-order valence-electron chi connectivity index (χ3n) is 3.79. The third-order valence-corrected chi connectivity index (χ3v) is 4.93. The van der Waals surface area contributed by atoms with Gasteiger partial charge in [-0.25, -0.2) is 14.6 Å². The minimum Gasteiger partial charge on any atom is -0.477 e. The van der Waals surface area contributed by atoms with Crippen molar-refractivity contribution in [1.29, 1.82) is 0 Å². The molecule has 6 nitrogen and oxygen atoms in total. The summed E-state index contributed by atoms with van der Waals surface area (Å²) in [4.78, 5) is 27.1. The van der Waals surface area contributed by atoms with Crippen molar-refractivity contribution in [2.24, 2.45) is 5.92 Å². The molecule has 0 aromatic carbocycles. The van der Waals surface area contributed by atoms with Crippen molar-refractivity contribution in [3.8, 4) is 0 Å². The Bertz CT molecular complexity index is 522. The minimum absolute atomic E-state index is 0.209. The Balaban J connectivity index is 1.78. The van der Waals surface area contributed by atoms with Crippen molar-refractivity contribution < 1.29 is 14.7 Å². The first-order valence-electron chi connectivity index (χ1n) is 7.19. The van der Waals surface area contributed by atoms with Gasteiger partial charge < -0.3 is 15.7 Å². The largest absolute Gasteiger partial charge is 0.477 e.